The van der Waals surface area contributed by atoms with Gasteiger partial charge in [0.1, 0.15) is 17.3 Å². The Kier molecular flexibility index (Phi) is 4.05. The highest BCUT2D eigenvalue weighted by Crippen LogP contribution is 2.32. The van der Waals surface area contributed by atoms with E-state index in [0.717, 1.165) is 0 Å². The van der Waals surface area contributed by atoms with Crippen LogP contribution in [0.4, 0.5) is 11.4 Å². The molecule has 16 heavy (non-hydrogen) atoms. The van der Waals surface area contributed by atoms with Crippen molar-refractivity contribution in [3.05, 3.63) is 32.8 Å². The number of halogens is 1. The maximum atomic E-state index is 10.7. The van der Waals surface area contributed by atoms with Gasteiger partial charge < -0.3 is 10.4 Å². The molecule has 0 amide bonds. The van der Waals surface area contributed by atoms with E-state index in [1.165, 1.54) is 12.1 Å². The highest BCUT2D eigenvalue weighted by atomic mass is 35.5. The fourth-order valence-electron chi connectivity index (χ4n) is 1.19. The van der Waals surface area contributed by atoms with Gasteiger partial charge in [-0.05, 0) is 6.07 Å². The summed E-state index contributed by atoms with van der Waals surface area (Å²) in [5, 5.41) is 30.9. The number of nitro groups is 1. The second kappa shape index (κ2) is 5.30. The minimum Gasteiger partial charge on any atom is -0.395 e. The Bertz CT molecular complexity index is 456. The second-order valence-electron chi connectivity index (χ2n) is 2.84. The first-order chi connectivity index (χ1) is 7.61. The fourth-order valence-corrected chi connectivity index (χ4v) is 1.39. The molecule has 0 fully saturated rings. The molecule has 84 valence electrons. The van der Waals surface area contributed by atoms with Crippen LogP contribution < -0.4 is 5.32 Å². The molecule has 1 rings (SSSR count). The Labute approximate surface area is 96.2 Å². The van der Waals surface area contributed by atoms with Crippen molar-refractivity contribution in [2.24, 2.45) is 0 Å². The number of benzene rings is 1. The van der Waals surface area contributed by atoms with E-state index in [2.05, 4.69) is 5.32 Å². The predicted octanol–water partition coefficient (Wildman–Crippen LogP) is 1.52. The van der Waals surface area contributed by atoms with Gasteiger partial charge in [-0.2, -0.15) is 5.26 Å². The van der Waals surface area contributed by atoms with Crippen LogP contribution in [0.5, 0.6) is 0 Å². The van der Waals surface area contributed by atoms with Crippen molar-refractivity contribution in [1.29, 1.82) is 5.26 Å². The minimum atomic E-state index is -0.614. The molecule has 1 aromatic rings. The van der Waals surface area contributed by atoms with Crippen LogP contribution in [0.25, 0.3) is 0 Å². The van der Waals surface area contributed by atoms with Gasteiger partial charge in [0.15, 0.2) is 0 Å². The zero-order valence-electron chi connectivity index (χ0n) is 8.11. The molecule has 0 atom stereocenters. The van der Waals surface area contributed by atoms with Crippen LogP contribution in [-0.2, 0) is 0 Å². The van der Waals surface area contributed by atoms with Crippen molar-refractivity contribution in [1.82, 2.24) is 0 Å². The summed E-state index contributed by atoms with van der Waals surface area (Å²) in [4.78, 5) is 10.1. The molecule has 0 aliphatic carbocycles. The molecule has 0 spiro atoms. The van der Waals surface area contributed by atoms with Gasteiger partial charge in [-0.25, -0.2) is 0 Å². The average Bonchev–Trinajstić information content (AvgIpc) is 2.25. The highest BCUT2D eigenvalue weighted by molar-refractivity contribution is 6.32. The third kappa shape index (κ3) is 2.39. The standard InChI is InChI=1S/C9H8ClN3O3/c10-7-1-2-8(13(15)16)9(6(7)5-11)12-3-4-14/h1-2,12,14H,3-4H2. The minimum absolute atomic E-state index is 0.00400. The lowest BCUT2D eigenvalue weighted by atomic mass is 10.1. The molecule has 7 heteroatoms. The number of aliphatic hydroxyl groups is 1. The number of nitro benzene ring substituents is 1. The van der Waals surface area contributed by atoms with Gasteiger partial charge in [-0.1, -0.05) is 11.6 Å². The van der Waals surface area contributed by atoms with Crippen molar-refractivity contribution in [3.8, 4) is 6.07 Å². The van der Waals surface area contributed by atoms with E-state index in [1.54, 1.807) is 6.07 Å². The van der Waals surface area contributed by atoms with Crippen LogP contribution in [0.2, 0.25) is 5.02 Å². The fraction of sp³-hybridized carbons (Fsp3) is 0.222. The van der Waals surface area contributed by atoms with Gasteiger partial charge >= 0.3 is 0 Å². The maximum Gasteiger partial charge on any atom is 0.293 e. The number of nitrogens with one attached hydrogen (secondary N) is 1. The molecule has 0 heterocycles. The third-order valence-electron chi connectivity index (χ3n) is 1.85. The highest BCUT2D eigenvalue weighted by Gasteiger charge is 2.19. The normalized spacial score (nSPS) is 9.56. The molecular weight excluding hydrogens is 234 g/mol. The van der Waals surface area contributed by atoms with Crippen molar-refractivity contribution < 1.29 is 10.0 Å². The summed E-state index contributed by atoms with van der Waals surface area (Å²) < 4.78 is 0. The van der Waals surface area contributed by atoms with E-state index in [-0.39, 0.29) is 35.1 Å². The van der Waals surface area contributed by atoms with E-state index in [9.17, 15) is 10.1 Å². The van der Waals surface area contributed by atoms with Crippen LogP contribution in [0.1, 0.15) is 5.56 Å². The van der Waals surface area contributed by atoms with E-state index in [1.807, 2.05) is 0 Å². The van der Waals surface area contributed by atoms with Gasteiger partial charge in [0.25, 0.3) is 5.69 Å². The maximum absolute atomic E-state index is 10.7. The second-order valence-corrected chi connectivity index (χ2v) is 3.24. The topological polar surface area (TPSA) is 99.2 Å². The molecule has 0 aliphatic rings. The van der Waals surface area contributed by atoms with E-state index >= 15 is 0 Å². The summed E-state index contributed by atoms with van der Waals surface area (Å²) in [5.74, 6) is 0. The van der Waals surface area contributed by atoms with Crippen molar-refractivity contribution in [2.45, 2.75) is 0 Å². The van der Waals surface area contributed by atoms with Crippen molar-refractivity contribution in [2.75, 3.05) is 18.5 Å². The Balaban J connectivity index is 3.30. The molecule has 0 radical (unpaired) electrons. The molecular formula is C9H8ClN3O3. The van der Waals surface area contributed by atoms with Gasteiger partial charge in [0.2, 0.25) is 0 Å². The molecule has 2 N–H and O–H groups in total. The number of nitriles is 1. The van der Waals surface area contributed by atoms with Crippen LogP contribution in [0, 0.1) is 21.4 Å². The largest absolute Gasteiger partial charge is 0.395 e. The Morgan fingerprint density at radius 1 is 1.62 bits per heavy atom. The van der Waals surface area contributed by atoms with E-state index in [0.29, 0.717) is 0 Å². The number of hydrogen-bond acceptors (Lipinski definition) is 5. The van der Waals surface area contributed by atoms with E-state index < -0.39 is 4.92 Å². The first-order valence-electron chi connectivity index (χ1n) is 4.33. The van der Waals surface area contributed by atoms with Crippen LogP contribution in [0.3, 0.4) is 0 Å². The third-order valence-corrected chi connectivity index (χ3v) is 2.17. The monoisotopic (exact) mass is 241 g/mol. The van der Waals surface area contributed by atoms with Crippen molar-refractivity contribution in [3.63, 3.8) is 0 Å². The predicted molar refractivity (Wildman–Crippen MR) is 58.4 cm³/mol. The van der Waals surface area contributed by atoms with Crippen LogP contribution in [0.15, 0.2) is 12.1 Å². The summed E-state index contributed by atoms with van der Waals surface area (Å²) in [5.41, 5.74) is -0.201. The Morgan fingerprint density at radius 2 is 2.31 bits per heavy atom. The summed E-state index contributed by atoms with van der Waals surface area (Å²) in [6.07, 6.45) is 0. The molecule has 0 unspecified atom stereocenters. The molecule has 0 saturated carbocycles. The first kappa shape index (κ1) is 12.2. The number of anilines is 1. The zero-order chi connectivity index (χ0) is 12.1. The molecule has 6 nitrogen and oxygen atoms in total. The summed E-state index contributed by atoms with van der Waals surface area (Å²) in [6.45, 7) is -0.0929. The Hall–Kier alpha value is -1.84. The van der Waals surface area contributed by atoms with Gasteiger partial charge in [-0.3, -0.25) is 10.1 Å². The SMILES string of the molecule is N#Cc1c(Cl)ccc([N+](=O)[O-])c1NCCO. The molecule has 0 saturated heterocycles. The lowest BCUT2D eigenvalue weighted by Crippen LogP contribution is -2.09. The van der Waals surface area contributed by atoms with Gasteiger partial charge in [0, 0.05) is 12.6 Å². The summed E-state index contributed by atoms with van der Waals surface area (Å²) in [6, 6.07) is 4.29. The molecule has 0 bridgehead atoms. The number of hydrogen-bond donors (Lipinski definition) is 2. The lowest BCUT2D eigenvalue weighted by molar-refractivity contribution is -0.384. The molecule has 1 aromatic carbocycles. The van der Waals surface area contributed by atoms with Gasteiger partial charge in [0.05, 0.1) is 16.6 Å². The zero-order valence-corrected chi connectivity index (χ0v) is 8.86. The smallest absolute Gasteiger partial charge is 0.293 e. The summed E-state index contributed by atoms with van der Waals surface area (Å²) in [7, 11) is 0. The Morgan fingerprint density at radius 3 is 2.81 bits per heavy atom. The number of rotatable bonds is 4. The number of nitrogens with zero attached hydrogens (tertiary/aromatic N) is 2. The summed E-state index contributed by atoms with van der Waals surface area (Å²) >= 11 is 5.74. The first-order valence-corrected chi connectivity index (χ1v) is 4.71. The van der Waals surface area contributed by atoms with Crippen LogP contribution >= 0.6 is 11.6 Å². The average molecular weight is 242 g/mol. The van der Waals surface area contributed by atoms with Crippen molar-refractivity contribution >= 4 is 23.0 Å². The number of aliphatic hydroxyl groups excluding tert-OH is 1. The quantitative estimate of drug-likeness (QED) is 0.615. The molecule has 0 aromatic heterocycles. The van der Waals surface area contributed by atoms with Gasteiger partial charge in [-0.15, -0.1) is 0 Å². The van der Waals surface area contributed by atoms with E-state index in [4.69, 9.17) is 22.0 Å². The lowest BCUT2D eigenvalue weighted by Gasteiger charge is -2.08. The molecule has 0 aliphatic heterocycles. The van der Waals surface area contributed by atoms with Crippen LogP contribution in [-0.4, -0.2) is 23.2 Å².